The average molecular weight is 407 g/mol. The van der Waals surface area contributed by atoms with Gasteiger partial charge in [0.1, 0.15) is 5.76 Å². The van der Waals surface area contributed by atoms with E-state index in [0.29, 0.717) is 16.1 Å². The third-order valence-corrected chi connectivity index (χ3v) is 4.76. The number of aliphatic hydroxyl groups excluding tert-OH is 1. The lowest BCUT2D eigenvalue weighted by molar-refractivity contribution is -0.139. The molecule has 3 rings (SSSR count). The van der Waals surface area contributed by atoms with Crippen molar-refractivity contribution in [2.24, 2.45) is 0 Å². The number of likely N-dealkylation sites (tertiary alicyclic amines) is 1. The maximum atomic E-state index is 12.4. The molecular formula is C18H13BrClNO3. The van der Waals surface area contributed by atoms with Crippen LogP contribution in [0.15, 0.2) is 58.6 Å². The summed E-state index contributed by atoms with van der Waals surface area (Å²) >= 11 is 9.23. The van der Waals surface area contributed by atoms with Crippen LogP contribution in [0.3, 0.4) is 0 Å². The molecule has 4 nitrogen and oxygen atoms in total. The molecule has 1 N–H and O–H groups in total. The average Bonchev–Trinajstić information content (AvgIpc) is 2.80. The van der Waals surface area contributed by atoms with Gasteiger partial charge in [-0.3, -0.25) is 9.59 Å². The zero-order chi connectivity index (χ0) is 17.4. The lowest BCUT2D eigenvalue weighted by Crippen LogP contribution is -2.24. The Kier molecular flexibility index (Phi) is 4.47. The summed E-state index contributed by atoms with van der Waals surface area (Å²) in [6.45, 7) is 0. The van der Waals surface area contributed by atoms with Crippen LogP contribution in [0.2, 0.25) is 5.02 Å². The van der Waals surface area contributed by atoms with E-state index in [1.165, 1.54) is 4.90 Å². The molecule has 0 saturated carbocycles. The number of halogens is 2. The van der Waals surface area contributed by atoms with Gasteiger partial charge in [-0.15, -0.1) is 0 Å². The third-order valence-electron chi connectivity index (χ3n) is 3.98. The van der Waals surface area contributed by atoms with E-state index in [1.807, 2.05) is 0 Å². The number of carbonyl (C=O) groups is 2. The predicted molar refractivity (Wildman–Crippen MR) is 95.7 cm³/mol. The molecule has 1 heterocycles. The van der Waals surface area contributed by atoms with Gasteiger partial charge in [0.15, 0.2) is 0 Å². The minimum absolute atomic E-state index is 0.0761. The fourth-order valence-electron chi connectivity index (χ4n) is 2.75. The number of carbonyl (C=O) groups excluding carboxylic acids is 2. The van der Waals surface area contributed by atoms with E-state index in [4.69, 9.17) is 11.6 Å². The Bertz CT molecular complexity index is 844. The molecule has 0 spiro atoms. The molecule has 0 aromatic heterocycles. The quantitative estimate of drug-likeness (QED) is 0.463. The molecule has 0 bridgehead atoms. The Labute approximate surface area is 152 Å². The number of ketones is 1. The first-order valence-corrected chi connectivity index (χ1v) is 8.33. The number of hydrogen-bond acceptors (Lipinski definition) is 3. The Morgan fingerprint density at radius 3 is 2.25 bits per heavy atom. The zero-order valence-corrected chi connectivity index (χ0v) is 15.0. The van der Waals surface area contributed by atoms with Gasteiger partial charge in [-0.1, -0.05) is 51.8 Å². The molecule has 2 aromatic carbocycles. The Morgan fingerprint density at radius 1 is 1.08 bits per heavy atom. The van der Waals surface area contributed by atoms with Crippen LogP contribution in [0.25, 0.3) is 5.76 Å². The van der Waals surface area contributed by atoms with Crippen LogP contribution in [0, 0.1) is 0 Å². The van der Waals surface area contributed by atoms with Crippen molar-refractivity contribution in [3.63, 3.8) is 0 Å². The highest BCUT2D eigenvalue weighted by molar-refractivity contribution is 9.10. The monoisotopic (exact) mass is 405 g/mol. The van der Waals surface area contributed by atoms with Gasteiger partial charge in [0.05, 0.1) is 11.6 Å². The van der Waals surface area contributed by atoms with Crippen molar-refractivity contribution in [3.05, 3.63) is 74.7 Å². The summed E-state index contributed by atoms with van der Waals surface area (Å²) in [5, 5.41) is 11.2. The number of likely N-dealkylation sites (N-methyl/N-ethyl adjacent to an activating group) is 1. The highest BCUT2D eigenvalue weighted by Crippen LogP contribution is 2.38. The molecule has 1 unspecified atom stereocenters. The van der Waals surface area contributed by atoms with Gasteiger partial charge < -0.3 is 10.0 Å². The number of hydrogen-bond donors (Lipinski definition) is 1. The molecule has 24 heavy (non-hydrogen) atoms. The van der Waals surface area contributed by atoms with Crippen molar-refractivity contribution in [2.45, 2.75) is 6.04 Å². The summed E-state index contributed by atoms with van der Waals surface area (Å²) in [4.78, 5) is 25.9. The summed E-state index contributed by atoms with van der Waals surface area (Å²) in [7, 11) is 1.54. The SMILES string of the molecule is CN1C(=O)C(=O)C(=C(O)c2ccc(Br)cc2)C1c1ccc(Cl)cc1. The van der Waals surface area contributed by atoms with Gasteiger partial charge in [0.25, 0.3) is 11.7 Å². The molecule has 6 heteroatoms. The number of Topliss-reactive ketones (excluding diaryl/α,β-unsaturated/α-hetero) is 1. The first-order chi connectivity index (χ1) is 11.4. The summed E-state index contributed by atoms with van der Waals surface area (Å²) in [5.41, 5.74) is 1.26. The molecule has 1 amide bonds. The number of benzene rings is 2. The van der Waals surface area contributed by atoms with Crippen molar-refractivity contribution in [1.29, 1.82) is 0 Å². The molecule has 122 valence electrons. The summed E-state index contributed by atoms with van der Waals surface area (Å²) in [5.74, 6) is -1.53. The number of aliphatic hydroxyl groups is 1. The largest absolute Gasteiger partial charge is 0.507 e. The van der Waals surface area contributed by atoms with Gasteiger partial charge in [0.2, 0.25) is 0 Å². The van der Waals surface area contributed by atoms with Crippen molar-refractivity contribution in [1.82, 2.24) is 4.90 Å². The van der Waals surface area contributed by atoms with E-state index in [-0.39, 0.29) is 11.3 Å². The normalized spacial score (nSPS) is 19.8. The highest BCUT2D eigenvalue weighted by Gasteiger charge is 2.44. The molecule has 1 atom stereocenters. The molecule has 1 aliphatic heterocycles. The van der Waals surface area contributed by atoms with Crippen LogP contribution in [-0.2, 0) is 9.59 Å². The second kappa shape index (κ2) is 6.42. The van der Waals surface area contributed by atoms with Gasteiger partial charge in [0, 0.05) is 22.1 Å². The second-order valence-corrected chi connectivity index (χ2v) is 6.82. The van der Waals surface area contributed by atoms with Crippen LogP contribution in [0.4, 0.5) is 0 Å². The topological polar surface area (TPSA) is 57.6 Å². The first-order valence-electron chi connectivity index (χ1n) is 7.16. The van der Waals surface area contributed by atoms with Crippen molar-refractivity contribution >= 4 is 45.0 Å². The highest BCUT2D eigenvalue weighted by atomic mass is 79.9. The lowest BCUT2D eigenvalue weighted by atomic mass is 9.95. The van der Waals surface area contributed by atoms with E-state index in [2.05, 4.69) is 15.9 Å². The minimum Gasteiger partial charge on any atom is -0.507 e. The standard InChI is InChI=1S/C18H13BrClNO3/c1-21-15(10-4-8-13(20)9-5-10)14(17(23)18(21)24)16(22)11-2-6-12(19)7-3-11/h2-9,15,22H,1H3. The van der Waals surface area contributed by atoms with Crippen LogP contribution >= 0.6 is 27.5 Å². The van der Waals surface area contributed by atoms with E-state index in [9.17, 15) is 14.7 Å². The third kappa shape index (κ3) is 2.85. The molecule has 1 saturated heterocycles. The van der Waals surface area contributed by atoms with Gasteiger partial charge in [-0.05, 0) is 29.8 Å². The van der Waals surface area contributed by atoms with E-state index in [0.717, 1.165) is 4.47 Å². The Balaban J connectivity index is 2.16. The molecule has 0 aliphatic carbocycles. The fraction of sp³-hybridized carbons (Fsp3) is 0.111. The van der Waals surface area contributed by atoms with Crippen molar-refractivity contribution < 1.29 is 14.7 Å². The maximum Gasteiger partial charge on any atom is 0.295 e. The number of amides is 1. The van der Waals surface area contributed by atoms with Gasteiger partial charge >= 0.3 is 0 Å². The van der Waals surface area contributed by atoms with Crippen LogP contribution in [0.5, 0.6) is 0 Å². The van der Waals surface area contributed by atoms with Crippen LogP contribution in [-0.4, -0.2) is 28.7 Å². The first kappa shape index (κ1) is 16.7. The summed E-state index contributed by atoms with van der Waals surface area (Å²) in [6.07, 6.45) is 0. The van der Waals surface area contributed by atoms with E-state index in [1.54, 1.807) is 55.6 Å². The molecule has 1 fully saturated rings. The van der Waals surface area contributed by atoms with E-state index >= 15 is 0 Å². The van der Waals surface area contributed by atoms with Gasteiger partial charge in [-0.25, -0.2) is 0 Å². The number of nitrogens with zero attached hydrogens (tertiary/aromatic N) is 1. The smallest absolute Gasteiger partial charge is 0.295 e. The number of rotatable bonds is 2. The van der Waals surface area contributed by atoms with Crippen molar-refractivity contribution in [3.8, 4) is 0 Å². The second-order valence-electron chi connectivity index (χ2n) is 5.47. The fourth-order valence-corrected chi connectivity index (χ4v) is 3.14. The Morgan fingerprint density at radius 2 is 1.67 bits per heavy atom. The summed E-state index contributed by atoms with van der Waals surface area (Å²) < 4.78 is 0.851. The Hall–Kier alpha value is -2.11. The molecule has 0 radical (unpaired) electrons. The minimum atomic E-state index is -0.696. The molecule has 2 aromatic rings. The molecular weight excluding hydrogens is 394 g/mol. The molecule has 1 aliphatic rings. The van der Waals surface area contributed by atoms with Crippen LogP contribution < -0.4 is 0 Å². The zero-order valence-electron chi connectivity index (χ0n) is 12.7. The summed E-state index contributed by atoms with van der Waals surface area (Å²) in [6, 6.07) is 13.1. The van der Waals surface area contributed by atoms with Crippen molar-refractivity contribution in [2.75, 3.05) is 7.05 Å². The van der Waals surface area contributed by atoms with E-state index < -0.39 is 17.7 Å². The maximum absolute atomic E-state index is 12.4. The lowest BCUT2D eigenvalue weighted by Gasteiger charge is -2.21. The van der Waals surface area contributed by atoms with Gasteiger partial charge in [-0.2, -0.15) is 0 Å². The van der Waals surface area contributed by atoms with Crippen LogP contribution in [0.1, 0.15) is 17.2 Å². The predicted octanol–water partition coefficient (Wildman–Crippen LogP) is 4.15.